The summed E-state index contributed by atoms with van der Waals surface area (Å²) in [6, 6.07) is 4.50. The van der Waals surface area contributed by atoms with Gasteiger partial charge in [0.25, 0.3) is 0 Å². The Hall–Kier alpha value is -2.04. The van der Waals surface area contributed by atoms with Crippen molar-refractivity contribution in [3.8, 4) is 0 Å². The predicted octanol–water partition coefficient (Wildman–Crippen LogP) is 1.92. The minimum Gasteiger partial charge on any atom is -0.362 e. The molecule has 0 aromatic carbocycles. The summed E-state index contributed by atoms with van der Waals surface area (Å²) in [6.45, 7) is 3.57. The first-order valence-electron chi connectivity index (χ1n) is 7.51. The number of nitrogens with one attached hydrogen (secondary N) is 2. The summed E-state index contributed by atoms with van der Waals surface area (Å²) in [4.78, 5) is 11.1. The molecule has 1 aromatic rings. The summed E-state index contributed by atoms with van der Waals surface area (Å²) in [5.41, 5.74) is 1.13. The summed E-state index contributed by atoms with van der Waals surface area (Å²) < 4.78 is 0. The van der Waals surface area contributed by atoms with E-state index in [1.807, 2.05) is 31.3 Å². The lowest BCUT2D eigenvalue weighted by atomic mass is 10.2. The monoisotopic (exact) mass is 287 g/mol. The summed E-state index contributed by atoms with van der Waals surface area (Å²) in [5, 5.41) is 6.78. The molecule has 1 aliphatic carbocycles. The predicted molar refractivity (Wildman–Crippen MR) is 88.7 cm³/mol. The smallest absolute Gasteiger partial charge is 0.191 e. The molecule has 1 heterocycles. The van der Waals surface area contributed by atoms with Crippen molar-refractivity contribution in [3.05, 3.63) is 36.0 Å². The number of aliphatic imine (C=N–C) groups is 1. The Morgan fingerprint density at radius 1 is 1.38 bits per heavy atom. The van der Waals surface area contributed by atoms with Gasteiger partial charge in [-0.2, -0.15) is 0 Å². The van der Waals surface area contributed by atoms with Crippen LogP contribution in [0.1, 0.15) is 25.3 Å². The van der Waals surface area contributed by atoms with Crippen LogP contribution in [-0.4, -0.2) is 37.6 Å². The molecule has 0 saturated carbocycles. The third-order valence-corrected chi connectivity index (χ3v) is 3.39. The van der Waals surface area contributed by atoms with Crippen LogP contribution < -0.4 is 15.5 Å². The highest BCUT2D eigenvalue weighted by molar-refractivity contribution is 5.80. The van der Waals surface area contributed by atoms with Gasteiger partial charge in [0.05, 0.1) is 6.54 Å². The number of hydrogen-bond acceptors (Lipinski definition) is 3. The highest BCUT2D eigenvalue weighted by Gasteiger charge is 2.12. The van der Waals surface area contributed by atoms with Gasteiger partial charge in [0.2, 0.25) is 0 Å². The number of aromatic nitrogens is 1. The van der Waals surface area contributed by atoms with E-state index in [9.17, 15) is 0 Å². The first kappa shape index (κ1) is 15.4. The largest absolute Gasteiger partial charge is 0.362 e. The van der Waals surface area contributed by atoms with Gasteiger partial charge < -0.3 is 15.5 Å². The number of nitrogens with zero attached hydrogens (tertiary/aromatic N) is 3. The standard InChI is InChI=1S/C16H25N5/c1-4-17-16(20-14-9-5-6-10-14)19-12-13-8-7-11-18-15(13)21(2)3/h5-8,11,14H,4,9-10,12H2,1-3H3,(H2,17,19,20). The number of hydrogen-bond donors (Lipinski definition) is 2. The summed E-state index contributed by atoms with van der Waals surface area (Å²) in [5.74, 6) is 1.85. The van der Waals surface area contributed by atoms with E-state index < -0.39 is 0 Å². The van der Waals surface area contributed by atoms with Gasteiger partial charge in [-0.3, -0.25) is 0 Å². The molecule has 0 aliphatic heterocycles. The highest BCUT2D eigenvalue weighted by Crippen LogP contribution is 2.15. The van der Waals surface area contributed by atoms with E-state index in [0.717, 1.165) is 36.7 Å². The molecule has 1 aliphatic rings. The Morgan fingerprint density at radius 2 is 2.14 bits per heavy atom. The van der Waals surface area contributed by atoms with Crippen LogP contribution in [0.5, 0.6) is 0 Å². The second-order valence-electron chi connectivity index (χ2n) is 5.36. The zero-order chi connectivity index (χ0) is 15.1. The average Bonchev–Trinajstić information content (AvgIpc) is 2.98. The molecule has 2 rings (SSSR count). The van der Waals surface area contributed by atoms with Crippen molar-refractivity contribution in [1.29, 1.82) is 0 Å². The fourth-order valence-corrected chi connectivity index (χ4v) is 2.37. The topological polar surface area (TPSA) is 52.6 Å². The van der Waals surface area contributed by atoms with Crippen molar-refractivity contribution in [1.82, 2.24) is 15.6 Å². The second kappa shape index (κ2) is 7.67. The Bertz CT molecular complexity index is 499. The lowest BCUT2D eigenvalue weighted by Gasteiger charge is -2.18. The van der Waals surface area contributed by atoms with Crippen molar-refractivity contribution < 1.29 is 0 Å². The molecule has 0 atom stereocenters. The van der Waals surface area contributed by atoms with Gasteiger partial charge in [-0.05, 0) is 25.8 Å². The third kappa shape index (κ3) is 4.48. The van der Waals surface area contributed by atoms with E-state index in [0.29, 0.717) is 12.6 Å². The first-order valence-corrected chi connectivity index (χ1v) is 7.51. The maximum Gasteiger partial charge on any atom is 0.191 e. The maximum absolute atomic E-state index is 4.69. The average molecular weight is 287 g/mol. The van der Waals surface area contributed by atoms with Gasteiger partial charge in [-0.1, -0.05) is 18.2 Å². The van der Waals surface area contributed by atoms with Gasteiger partial charge in [-0.15, -0.1) is 0 Å². The van der Waals surface area contributed by atoms with Crippen LogP contribution in [0.4, 0.5) is 5.82 Å². The molecule has 0 spiro atoms. The quantitative estimate of drug-likeness (QED) is 0.493. The fraction of sp³-hybridized carbons (Fsp3) is 0.500. The number of anilines is 1. The number of rotatable bonds is 5. The minimum absolute atomic E-state index is 0.463. The molecule has 2 N–H and O–H groups in total. The molecule has 21 heavy (non-hydrogen) atoms. The maximum atomic E-state index is 4.69. The van der Waals surface area contributed by atoms with Gasteiger partial charge in [0.15, 0.2) is 5.96 Å². The Labute approximate surface area is 127 Å². The lowest BCUT2D eigenvalue weighted by molar-refractivity contribution is 0.633. The van der Waals surface area contributed by atoms with Crippen LogP contribution in [0.15, 0.2) is 35.5 Å². The summed E-state index contributed by atoms with van der Waals surface area (Å²) >= 11 is 0. The molecule has 0 unspecified atom stereocenters. The fourth-order valence-electron chi connectivity index (χ4n) is 2.37. The van der Waals surface area contributed by atoms with Crippen LogP contribution in [-0.2, 0) is 6.54 Å². The van der Waals surface area contributed by atoms with Crippen LogP contribution in [0, 0.1) is 0 Å². The third-order valence-electron chi connectivity index (χ3n) is 3.39. The van der Waals surface area contributed by atoms with Crippen molar-refractivity contribution in [3.63, 3.8) is 0 Å². The first-order chi connectivity index (χ1) is 10.2. The molecule has 0 fully saturated rings. The van der Waals surface area contributed by atoms with Crippen molar-refractivity contribution in [2.24, 2.45) is 4.99 Å². The zero-order valence-corrected chi connectivity index (χ0v) is 13.1. The number of pyridine rings is 1. The summed E-state index contributed by atoms with van der Waals surface area (Å²) in [7, 11) is 4.01. The van der Waals surface area contributed by atoms with Gasteiger partial charge in [-0.25, -0.2) is 9.98 Å². The van der Waals surface area contributed by atoms with E-state index in [1.165, 1.54) is 0 Å². The SMILES string of the molecule is CCNC(=NCc1cccnc1N(C)C)NC1CC=CC1. The highest BCUT2D eigenvalue weighted by atomic mass is 15.2. The van der Waals surface area contributed by atoms with Gasteiger partial charge >= 0.3 is 0 Å². The molecular formula is C16H25N5. The second-order valence-corrected chi connectivity index (χ2v) is 5.36. The van der Waals surface area contributed by atoms with Crippen LogP contribution in [0.2, 0.25) is 0 Å². The summed E-state index contributed by atoms with van der Waals surface area (Å²) in [6.07, 6.45) is 8.38. The van der Waals surface area contributed by atoms with Crippen molar-refractivity contribution in [2.75, 3.05) is 25.5 Å². The molecular weight excluding hydrogens is 262 g/mol. The van der Waals surface area contributed by atoms with Gasteiger partial charge in [0.1, 0.15) is 5.82 Å². The molecule has 0 radical (unpaired) electrons. The Morgan fingerprint density at radius 3 is 2.81 bits per heavy atom. The minimum atomic E-state index is 0.463. The molecule has 5 nitrogen and oxygen atoms in total. The van der Waals surface area contributed by atoms with Crippen LogP contribution >= 0.6 is 0 Å². The van der Waals surface area contributed by atoms with E-state index >= 15 is 0 Å². The molecule has 1 aromatic heterocycles. The van der Waals surface area contributed by atoms with E-state index in [-0.39, 0.29) is 0 Å². The molecule has 114 valence electrons. The van der Waals surface area contributed by atoms with Crippen molar-refractivity contribution in [2.45, 2.75) is 32.4 Å². The van der Waals surface area contributed by atoms with Gasteiger partial charge in [0, 0.05) is 38.4 Å². The molecule has 0 saturated heterocycles. The van der Waals surface area contributed by atoms with E-state index in [1.54, 1.807) is 0 Å². The number of guanidine groups is 1. The van der Waals surface area contributed by atoms with E-state index in [4.69, 9.17) is 4.99 Å². The Balaban J connectivity index is 2.04. The molecule has 0 amide bonds. The van der Waals surface area contributed by atoms with E-state index in [2.05, 4.69) is 40.8 Å². The lowest BCUT2D eigenvalue weighted by Crippen LogP contribution is -2.42. The Kier molecular flexibility index (Phi) is 5.60. The molecule has 0 bridgehead atoms. The molecule has 5 heteroatoms. The normalized spacial score (nSPS) is 15.3. The zero-order valence-electron chi connectivity index (χ0n) is 13.1. The van der Waals surface area contributed by atoms with Crippen LogP contribution in [0.3, 0.4) is 0 Å². The van der Waals surface area contributed by atoms with Crippen molar-refractivity contribution >= 4 is 11.8 Å². The van der Waals surface area contributed by atoms with Crippen LogP contribution in [0.25, 0.3) is 0 Å².